The number of nitrogens with zero attached hydrogens (tertiary/aromatic N) is 4. The van der Waals surface area contributed by atoms with Crippen LogP contribution in [0.2, 0.25) is 0 Å². The van der Waals surface area contributed by atoms with Gasteiger partial charge in [-0.25, -0.2) is 0 Å². The summed E-state index contributed by atoms with van der Waals surface area (Å²) in [6.45, 7) is 2.99. The van der Waals surface area contributed by atoms with Crippen LogP contribution in [0.15, 0.2) is 43.0 Å². The average molecular weight is 325 g/mol. The fraction of sp³-hybridized carbons (Fsp3) is 0.474. The summed E-state index contributed by atoms with van der Waals surface area (Å²) >= 11 is 0. The Labute approximate surface area is 144 Å². The van der Waals surface area contributed by atoms with Gasteiger partial charge in [0.2, 0.25) is 0 Å². The number of aromatic nitrogens is 2. The number of pyridine rings is 2. The van der Waals surface area contributed by atoms with Crippen LogP contribution in [0.25, 0.3) is 0 Å². The minimum atomic E-state index is 0.452. The van der Waals surface area contributed by atoms with Crippen molar-refractivity contribution in [2.24, 2.45) is 5.92 Å². The summed E-state index contributed by atoms with van der Waals surface area (Å²) in [4.78, 5) is 13.1. The van der Waals surface area contributed by atoms with Crippen LogP contribution in [0.1, 0.15) is 23.6 Å². The van der Waals surface area contributed by atoms with Gasteiger partial charge in [0.05, 0.1) is 0 Å². The molecule has 1 aliphatic rings. The maximum atomic E-state index is 4.30. The first-order valence-corrected chi connectivity index (χ1v) is 8.58. The molecule has 2 aromatic heterocycles. The topological polar surface area (TPSA) is 44.3 Å². The molecule has 3 rings (SSSR count). The van der Waals surface area contributed by atoms with Gasteiger partial charge < -0.3 is 10.2 Å². The molecule has 0 amide bonds. The van der Waals surface area contributed by atoms with E-state index in [1.54, 1.807) is 0 Å². The van der Waals surface area contributed by atoms with Crippen molar-refractivity contribution >= 4 is 5.69 Å². The minimum absolute atomic E-state index is 0.452. The maximum absolute atomic E-state index is 4.30. The molecule has 0 saturated carbocycles. The molecular formula is C19H27N5. The zero-order valence-corrected chi connectivity index (χ0v) is 14.8. The summed E-state index contributed by atoms with van der Waals surface area (Å²) in [5.74, 6) is 0.610. The Kier molecular flexibility index (Phi) is 5.43. The van der Waals surface area contributed by atoms with Crippen molar-refractivity contribution in [1.82, 2.24) is 20.2 Å². The molecule has 1 N–H and O–H groups in total. The number of hydrogen-bond donors (Lipinski definition) is 1. The van der Waals surface area contributed by atoms with E-state index >= 15 is 0 Å². The molecule has 0 spiro atoms. The SMILES string of the molecule is CN(C)c1ccncc1CNC[C@@H]1CCN(C)[C@H]1c1cccnc1. The van der Waals surface area contributed by atoms with Crippen LogP contribution >= 0.6 is 0 Å². The van der Waals surface area contributed by atoms with E-state index in [0.29, 0.717) is 12.0 Å². The van der Waals surface area contributed by atoms with Crippen LogP contribution < -0.4 is 10.2 Å². The molecule has 0 unspecified atom stereocenters. The lowest BCUT2D eigenvalue weighted by Gasteiger charge is -2.26. The molecule has 128 valence electrons. The average Bonchev–Trinajstić information content (AvgIpc) is 2.96. The molecule has 1 aliphatic heterocycles. The van der Waals surface area contributed by atoms with Crippen molar-refractivity contribution in [3.63, 3.8) is 0 Å². The van der Waals surface area contributed by atoms with Gasteiger partial charge in [0.25, 0.3) is 0 Å². The van der Waals surface area contributed by atoms with E-state index in [1.807, 2.05) is 30.9 Å². The zero-order chi connectivity index (χ0) is 16.9. The second-order valence-corrected chi connectivity index (χ2v) is 6.79. The highest BCUT2D eigenvalue weighted by atomic mass is 15.2. The molecule has 5 nitrogen and oxygen atoms in total. The lowest BCUT2D eigenvalue weighted by Crippen LogP contribution is -2.28. The van der Waals surface area contributed by atoms with Gasteiger partial charge in [-0.15, -0.1) is 0 Å². The number of nitrogens with one attached hydrogen (secondary N) is 1. The van der Waals surface area contributed by atoms with Crippen LogP contribution in [0.3, 0.4) is 0 Å². The number of anilines is 1. The number of rotatable bonds is 6. The molecule has 24 heavy (non-hydrogen) atoms. The summed E-state index contributed by atoms with van der Waals surface area (Å²) in [6, 6.07) is 6.75. The lowest BCUT2D eigenvalue weighted by atomic mass is 9.94. The highest BCUT2D eigenvalue weighted by Gasteiger charge is 2.32. The van der Waals surface area contributed by atoms with Gasteiger partial charge in [-0.1, -0.05) is 6.07 Å². The first-order chi connectivity index (χ1) is 11.7. The molecular weight excluding hydrogens is 298 g/mol. The molecule has 0 aromatic carbocycles. The van der Waals surface area contributed by atoms with Gasteiger partial charge in [-0.2, -0.15) is 0 Å². The first-order valence-electron chi connectivity index (χ1n) is 8.58. The molecule has 1 saturated heterocycles. The summed E-state index contributed by atoms with van der Waals surface area (Å²) in [5.41, 5.74) is 3.79. The Balaban J connectivity index is 1.62. The normalized spacial score (nSPS) is 21.1. The highest BCUT2D eigenvalue weighted by Crippen LogP contribution is 2.35. The summed E-state index contributed by atoms with van der Waals surface area (Å²) in [5, 5.41) is 3.65. The van der Waals surface area contributed by atoms with E-state index in [0.717, 1.165) is 19.6 Å². The summed E-state index contributed by atoms with van der Waals surface area (Å²) < 4.78 is 0. The van der Waals surface area contributed by atoms with Crippen LogP contribution in [0, 0.1) is 5.92 Å². The Hall–Kier alpha value is -1.98. The summed E-state index contributed by atoms with van der Waals surface area (Å²) in [6.07, 6.45) is 8.88. The van der Waals surface area contributed by atoms with Crippen molar-refractivity contribution in [3.8, 4) is 0 Å². The van der Waals surface area contributed by atoms with Gasteiger partial charge in [0.15, 0.2) is 0 Å². The smallest absolute Gasteiger partial charge is 0.0437 e. The molecule has 3 heterocycles. The lowest BCUT2D eigenvalue weighted by molar-refractivity contribution is 0.271. The largest absolute Gasteiger partial charge is 0.377 e. The van der Waals surface area contributed by atoms with Gasteiger partial charge in [0, 0.05) is 69.3 Å². The fourth-order valence-corrected chi connectivity index (χ4v) is 3.70. The summed E-state index contributed by atoms with van der Waals surface area (Å²) in [7, 11) is 6.36. The third-order valence-electron chi connectivity index (χ3n) is 4.88. The Bertz CT molecular complexity index is 643. The standard InChI is InChI=1S/C19H27N5/c1-23(2)18-6-9-21-13-17(18)14-22-12-16-7-10-24(3)19(16)15-5-4-8-20-11-15/h4-6,8-9,11,13,16,19,22H,7,10,12,14H2,1-3H3/t16-,19-/m0/s1. The second-order valence-electron chi connectivity index (χ2n) is 6.79. The van der Waals surface area contributed by atoms with Crippen molar-refractivity contribution in [3.05, 3.63) is 54.1 Å². The Morgan fingerprint density at radius 1 is 1.21 bits per heavy atom. The van der Waals surface area contributed by atoms with Crippen molar-refractivity contribution in [1.29, 1.82) is 0 Å². The second kappa shape index (κ2) is 7.73. The molecule has 2 atom stereocenters. The van der Waals surface area contributed by atoms with Crippen LogP contribution in [0.4, 0.5) is 5.69 Å². The minimum Gasteiger partial charge on any atom is -0.377 e. The highest BCUT2D eigenvalue weighted by molar-refractivity contribution is 5.50. The van der Waals surface area contributed by atoms with Gasteiger partial charge in [0.1, 0.15) is 0 Å². The van der Waals surface area contributed by atoms with Crippen molar-refractivity contribution in [2.45, 2.75) is 19.0 Å². The van der Waals surface area contributed by atoms with Crippen LogP contribution in [-0.2, 0) is 6.54 Å². The third-order valence-corrected chi connectivity index (χ3v) is 4.88. The molecule has 5 heteroatoms. The van der Waals surface area contributed by atoms with E-state index in [2.05, 4.69) is 58.4 Å². The van der Waals surface area contributed by atoms with Gasteiger partial charge >= 0.3 is 0 Å². The molecule has 0 radical (unpaired) electrons. The number of likely N-dealkylation sites (tertiary alicyclic amines) is 1. The predicted octanol–water partition coefficient (Wildman–Crippen LogP) is 2.33. The van der Waals surface area contributed by atoms with Crippen molar-refractivity contribution < 1.29 is 0 Å². The van der Waals surface area contributed by atoms with E-state index in [4.69, 9.17) is 0 Å². The molecule has 2 aromatic rings. The van der Waals surface area contributed by atoms with Crippen molar-refractivity contribution in [2.75, 3.05) is 39.1 Å². The predicted molar refractivity (Wildman–Crippen MR) is 98.0 cm³/mol. The molecule has 0 aliphatic carbocycles. The third kappa shape index (κ3) is 3.74. The number of hydrogen-bond acceptors (Lipinski definition) is 5. The van der Waals surface area contributed by atoms with Gasteiger partial charge in [-0.3, -0.25) is 14.9 Å². The first kappa shape index (κ1) is 16.9. The van der Waals surface area contributed by atoms with E-state index in [-0.39, 0.29) is 0 Å². The maximum Gasteiger partial charge on any atom is 0.0437 e. The zero-order valence-electron chi connectivity index (χ0n) is 14.8. The van der Waals surface area contributed by atoms with E-state index in [1.165, 1.54) is 23.2 Å². The Morgan fingerprint density at radius 3 is 2.79 bits per heavy atom. The van der Waals surface area contributed by atoms with Crippen LogP contribution in [-0.4, -0.2) is 49.1 Å². The van der Waals surface area contributed by atoms with Crippen LogP contribution in [0.5, 0.6) is 0 Å². The fourth-order valence-electron chi connectivity index (χ4n) is 3.70. The van der Waals surface area contributed by atoms with E-state index in [9.17, 15) is 0 Å². The molecule has 1 fully saturated rings. The van der Waals surface area contributed by atoms with E-state index < -0.39 is 0 Å². The Morgan fingerprint density at radius 2 is 2.04 bits per heavy atom. The molecule has 0 bridgehead atoms. The van der Waals surface area contributed by atoms with Gasteiger partial charge in [-0.05, 0) is 43.6 Å². The quantitative estimate of drug-likeness (QED) is 0.883. The monoisotopic (exact) mass is 325 g/mol.